The Morgan fingerprint density at radius 3 is 2.70 bits per heavy atom. The van der Waals surface area contributed by atoms with E-state index in [1.165, 1.54) is 0 Å². The molecule has 1 fully saturated rings. The zero-order chi connectivity index (χ0) is 16.1. The third kappa shape index (κ3) is 4.46. The molecule has 0 spiro atoms. The van der Waals surface area contributed by atoms with Gasteiger partial charge in [-0.25, -0.2) is 4.79 Å². The van der Waals surface area contributed by atoms with Gasteiger partial charge in [-0.05, 0) is 24.3 Å². The summed E-state index contributed by atoms with van der Waals surface area (Å²) in [5, 5.41) is 7.71. The van der Waals surface area contributed by atoms with Gasteiger partial charge >= 0.3 is 6.03 Å². The van der Waals surface area contributed by atoms with Crippen molar-refractivity contribution in [3.63, 3.8) is 0 Å². The van der Waals surface area contributed by atoms with Crippen molar-refractivity contribution in [3.05, 3.63) is 47.7 Å². The minimum absolute atomic E-state index is 0.0704. The first kappa shape index (κ1) is 15.8. The Morgan fingerprint density at radius 2 is 2.00 bits per heavy atom. The zero-order valence-corrected chi connectivity index (χ0v) is 13.6. The van der Waals surface area contributed by atoms with E-state index in [1.54, 1.807) is 18.3 Å². The minimum Gasteiger partial charge on any atom is -0.322 e. The summed E-state index contributed by atoms with van der Waals surface area (Å²) >= 11 is 5.93. The molecule has 122 valence electrons. The van der Waals surface area contributed by atoms with Crippen LogP contribution in [-0.2, 0) is 6.54 Å². The van der Waals surface area contributed by atoms with E-state index in [9.17, 15) is 4.79 Å². The van der Waals surface area contributed by atoms with Crippen LogP contribution >= 0.6 is 11.6 Å². The number of carbonyl (C=O) groups excluding carboxylic acids is 1. The van der Waals surface area contributed by atoms with E-state index in [2.05, 4.69) is 15.3 Å². The van der Waals surface area contributed by atoms with Gasteiger partial charge < -0.3 is 10.2 Å². The van der Waals surface area contributed by atoms with Crippen LogP contribution in [0.15, 0.2) is 42.7 Å². The fourth-order valence-corrected chi connectivity index (χ4v) is 2.81. The van der Waals surface area contributed by atoms with E-state index in [4.69, 9.17) is 11.6 Å². The molecule has 2 amide bonds. The van der Waals surface area contributed by atoms with Crippen LogP contribution in [0.2, 0.25) is 5.02 Å². The molecule has 1 aromatic carbocycles. The lowest BCUT2D eigenvalue weighted by atomic mass is 10.3. The molecular weight excluding hydrogens is 314 g/mol. The van der Waals surface area contributed by atoms with Gasteiger partial charge in [-0.15, -0.1) is 0 Å². The Morgan fingerprint density at radius 1 is 1.17 bits per heavy atom. The van der Waals surface area contributed by atoms with Crippen LogP contribution in [0.1, 0.15) is 0 Å². The Kier molecular flexibility index (Phi) is 5.15. The van der Waals surface area contributed by atoms with Gasteiger partial charge in [-0.2, -0.15) is 5.10 Å². The second-order valence-corrected chi connectivity index (χ2v) is 5.97. The number of amides is 2. The fourth-order valence-electron chi connectivity index (χ4n) is 2.62. The Bertz CT molecular complexity index is 638. The smallest absolute Gasteiger partial charge is 0.321 e. The third-order valence-corrected chi connectivity index (χ3v) is 4.18. The molecule has 1 aliphatic heterocycles. The van der Waals surface area contributed by atoms with Crippen molar-refractivity contribution in [1.29, 1.82) is 0 Å². The monoisotopic (exact) mass is 333 g/mol. The summed E-state index contributed by atoms with van der Waals surface area (Å²) in [7, 11) is 0. The number of rotatable bonds is 4. The summed E-state index contributed by atoms with van der Waals surface area (Å²) in [6, 6.07) is 9.06. The SMILES string of the molecule is O=C(Nc1cccc(Cl)c1)N1CCN(CCn2cccn2)CC1. The maximum atomic E-state index is 12.3. The van der Waals surface area contributed by atoms with E-state index < -0.39 is 0 Å². The molecule has 0 saturated carbocycles. The second-order valence-electron chi connectivity index (χ2n) is 5.54. The maximum Gasteiger partial charge on any atom is 0.321 e. The number of anilines is 1. The van der Waals surface area contributed by atoms with E-state index in [0.717, 1.165) is 45.0 Å². The van der Waals surface area contributed by atoms with E-state index in [-0.39, 0.29) is 6.03 Å². The van der Waals surface area contributed by atoms with Gasteiger partial charge in [0.2, 0.25) is 0 Å². The predicted octanol–water partition coefficient (Wildman–Crippen LogP) is 2.39. The largest absolute Gasteiger partial charge is 0.322 e. The first-order valence-corrected chi connectivity index (χ1v) is 8.10. The molecule has 2 heterocycles. The lowest BCUT2D eigenvalue weighted by Crippen LogP contribution is -2.50. The molecule has 23 heavy (non-hydrogen) atoms. The number of hydrogen-bond donors (Lipinski definition) is 1. The first-order chi connectivity index (χ1) is 11.2. The van der Waals surface area contributed by atoms with Crippen LogP contribution in [0, 0.1) is 0 Å². The fraction of sp³-hybridized carbons (Fsp3) is 0.375. The van der Waals surface area contributed by atoms with Crippen molar-refractivity contribution in [3.8, 4) is 0 Å². The number of nitrogens with one attached hydrogen (secondary N) is 1. The van der Waals surface area contributed by atoms with Crippen molar-refractivity contribution in [2.24, 2.45) is 0 Å². The molecule has 1 N–H and O–H groups in total. The number of carbonyl (C=O) groups is 1. The second kappa shape index (κ2) is 7.48. The van der Waals surface area contributed by atoms with Crippen molar-refractivity contribution in [1.82, 2.24) is 19.6 Å². The molecule has 3 rings (SSSR count). The standard InChI is InChI=1S/C16H20ClN5O/c17-14-3-1-4-15(13-14)19-16(23)21-10-7-20(8-11-21)9-12-22-6-2-5-18-22/h1-6,13H,7-12H2,(H,19,23). The first-order valence-electron chi connectivity index (χ1n) is 7.72. The van der Waals surface area contributed by atoms with E-state index in [1.807, 2.05) is 34.0 Å². The summed E-state index contributed by atoms with van der Waals surface area (Å²) in [5.41, 5.74) is 0.726. The summed E-state index contributed by atoms with van der Waals surface area (Å²) in [5.74, 6) is 0. The summed E-state index contributed by atoms with van der Waals surface area (Å²) < 4.78 is 1.93. The number of hydrogen-bond acceptors (Lipinski definition) is 3. The molecule has 2 aromatic rings. The van der Waals surface area contributed by atoms with Gasteiger partial charge in [-0.3, -0.25) is 9.58 Å². The number of piperazine rings is 1. The minimum atomic E-state index is -0.0704. The van der Waals surface area contributed by atoms with Gasteiger partial charge in [0.1, 0.15) is 0 Å². The summed E-state index contributed by atoms with van der Waals surface area (Å²) in [4.78, 5) is 16.5. The van der Waals surface area contributed by atoms with Gasteiger partial charge in [0.05, 0.1) is 6.54 Å². The van der Waals surface area contributed by atoms with Crippen LogP contribution in [0.3, 0.4) is 0 Å². The molecule has 1 aromatic heterocycles. The van der Waals surface area contributed by atoms with Crippen molar-refractivity contribution < 1.29 is 4.79 Å². The molecule has 0 aliphatic carbocycles. The van der Waals surface area contributed by atoms with Crippen LogP contribution < -0.4 is 5.32 Å². The summed E-state index contributed by atoms with van der Waals surface area (Å²) in [6.45, 7) is 5.04. The highest BCUT2D eigenvalue weighted by Crippen LogP contribution is 2.15. The number of nitrogens with zero attached hydrogens (tertiary/aromatic N) is 4. The van der Waals surface area contributed by atoms with Crippen LogP contribution in [0.5, 0.6) is 0 Å². The van der Waals surface area contributed by atoms with Crippen molar-refractivity contribution >= 4 is 23.3 Å². The molecule has 6 nitrogen and oxygen atoms in total. The van der Waals surface area contributed by atoms with E-state index in [0.29, 0.717) is 5.02 Å². The average molecular weight is 334 g/mol. The Balaban J connectivity index is 1.44. The van der Waals surface area contributed by atoms with Gasteiger partial charge in [0.15, 0.2) is 0 Å². The van der Waals surface area contributed by atoms with E-state index >= 15 is 0 Å². The highest BCUT2D eigenvalue weighted by Gasteiger charge is 2.20. The van der Waals surface area contributed by atoms with Crippen molar-refractivity contribution in [2.75, 3.05) is 38.0 Å². The highest BCUT2D eigenvalue weighted by atomic mass is 35.5. The maximum absolute atomic E-state index is 12.3. The van der Waals surface area contributed by atoms with Crippen molar-refractivity contribution in [2.45, 2.75) is 6.54 Å². The Hall–Kier alpha value is -2.05. The normalized spacial score (nSPS) is 15.6. The molecule has 7 heteroatoms. The quantitative estimate of drug-likeness (QED) is 0.934. The molecule has 0 atom stereocenters. The topological polar surface area (TPSA) is 53.4 Å². The highest BCUT2D eigenvalue weighted by molar-refractivity contribution is 6.30. The molecule has 1 aliphatic rings. The molecule has 1 saturated heterocycles. The number of halogens is 1. The number of aromatic nitrogens is 2. The molecule has 0 unspecified atom stereocenters. The van der Waals surface area contributed by atoms with Gasteiger partial charge in [0, 0.05) is 55.8 Å². The van der Waals surface area contributed by atoms with Crippen LogP contribution in [0.25, 0.3) is 0 Å². The molecule has 0 radical (unpaired) electrons. The lowest BCUT2D eigenvalue weighted by molar-refractivity contribution is 0.143. The number of urea groups is 1. The predicted molar refractivity (Wildman–Crippen MR) is 90.7 cm³/mol. The van der Waals surface area contributed by atoms with Crippen LogP contribution in [0.4, 0.5) is 10.5 Å². The number of benzene rings is 1. The third-order valence-electron chi connectivity index (χ3n) is 3.94. The van der Waals surface area contributed by atoms with Gasteiger partial charge in [-0.1, -0.05) is 17.7 Å². The zero-order valence-electron chi connectivity index (χ0n) is 12.9. The molecular formula is C16H20ClN5O. The average Bonchev–Trinajstić information content (AvgIpc) is 3.07. The summed E-state index contributed by atoms with van der Waals surface area (Å²) in [6.07, 6.45) is 3.76. The van der Waals surface area contributed by atoms with Crippen LogP contribution in [-0.4, -0.2) is 58.3 Å². The molecule has 0 bridgehead atoms. The lowest BCUT2D eigenvalue weighted by Gasteiger charge is -2.34. The Labute approximate surface area is 140 Å². The van der Waals surface area contributed by atoms with Gasteiger partial charge in [0.25, 0.3) is 0 Å².